The molecule has 1 aliphatic rings. The topological polar surface area (TPSA) is 88.7 Å². The second-order valence-electron chi connectivity index (χ2n) is 4.77. The Morgan fingerprint density at radius 3 is 2.75 bits per heavy atom. The Morgan fingerprint density at radius 2 is 2.20 bits per heavy atom. The third-order valence-electron chi connectivity index (χ3n) is 3.38. The molecule has 1 fully saturated rings. The average molecular weight is 281 g/mol. The summed E-state index contributed by atoms with van der Waals surface area (Å²) >= 11 is 0. The van der Waals surface area contributed by atoms with E-state index in [0.717, 1.165) is 31.6 Å². The molecule has 110 valence electrons. The molecule has 0 amide bonds. The lowest BCUT2D eigenvalue weighted by Crippen LogP contribution is -2.37. The molecule has 1 aromatic rings. The van der Waals surface area contributed by atoms with Gasteiger partial charge in [-0.3, -0.25) is 0 Å². The number of hydrogen-bond donors (Lipinski definition) is 1. The van der Waals surface area contributed by atoms with Crippen molar-refractivity contribution in [3.63, 3.8) is 0 Å². The van der Waals surface area contributed by atoms with Gasteiger partial charge in [-0.15, -0.1) is 0 Å². The summed E-state index contributed by atoms with van der Waals surface area (Å²) in [6, 6.07) is 3.16. The summed E-state index contributed by atoms with van der Waals surface area (Å²) in [7, 11) is 0. The minimum Gasteiger partial charge on any atom is -0.396 e. The Kier molecular flexibility index (Phi) is 5.25. The molecule has 2 heterocycles. The third-order valence-corrected chi connectivity index (χ3v) is 3.38. The number of aromatic nitrogens is 1. The van der Waals surface area contributed by atoms with E-state index in [1.165, 1.54) is 6.07 Å². The van der Waals surface area contributed by atoms with E-state index in [9.17, 15) is 10.1 Å². The fraction of sp³-hybridized carbons (Fsp3) is 0.615. The smallest absolute Gasteiger partial charge is 0.363 e. The Labute approximate surface area is 117 Å². The van der Waals surface area contributed by atoms with Crippen molar-refractivity contribution in [3.05, 3.63) is 28.4 Å². The maximum atomic E-state index is 10.6. The number of hydrogen-bond acceptors (Lipinski definition) is 6. The number of aliphatic hydroxyl groups excluding tert-OH is 1. The molecule has 0 aromatic carbocycles. The Morgan fingerprint density at radius 1 is 1.45 bits per heavy atom. The highest BCUT2D eigenvalue weighted by molar-refractivity contribution is 5.46. The van der Waals surface area contributed by atoms with Gasteiger partial charge in [0.1, 0.15) is 0 Å². The molecule has 1 saturated heterocycles. The number of anilines is 1. The normalized spacial score (nSPS) is 16.4. The van der Waals surface area contributed by atoms with Crippen LogP contribution in [0.2, 0.25) is 0 Å². The molecule has 0 aliphatic carbocycles. The highest BCUT2D eigenvalue weighted by Crippen LogP contribution is 2.22. The van der Waals surface area contributed by atoms with Crippen molar-refractivity contribution >= 4 is 11.5 Å². The van der Waals surface area contributed by atoms with Gasteiger partial charge in [0.2, 0.25) is 0 Å². The fourth-order valence-electron chi connectivity index (χ4n) is 2.27. The summed E-state index contributed by atoms with van der Waals surface area (Å²) in [4.78, 5) is 16.0. The van der Waals surface area contributed by atoms with Crippen LogP contribution in [0.5, 0.6) is 0 Å². The van der Waals surface area contributed by atoms with Crippen LogP contribution in [0.15, 0.2) is 18.3 Å². The van der Waals surface area contributed by atoms with Crippen molar-refractivity contribution in [1.29, 1.82) is 0 Å². The predicted molar refractivity (Wildman–Crippen MR) is 73.8 cm³/mol. The number of rotatable bonds is 6. The molecule has 7 heteroatoms. The van der Waals surface area contributed by atoms with Crippen molar-refractivity contribution in [2.24, 2.45) is 0 Å². The molecule has 7 nitrogen and oxygen atoms in total. The van der Waals surface area contributed by atoms with Crippen molar-refractivity contribution in [3.8, 4) is 0 Å². The number of piperidine rings is 1. The average Bonchev–Trinajstić information content (AvgIpc) is 2.48. The summed E-state index contributed by atoms with van der Waals surface area (Å²) in [6.07, 6.45) is 4.30. The Balaban J connectivity index is 1.82. The first-order chi connectivity index (χ1) is 9.70. The molecule has 0 atom stereocenters. The van der Waals surface area contributed by atoms with Gasteiger partial charge in [0.15, 0.2) is 6.20 Å². The highest BCUT2D eigenvalue weighted by Gasteiger charge is 2.21. The van der Waals surface area contributed by atoms with E-state index in [4.69, 9.17) is 9.84 Å². The molecule has 0 spiro atoms. The van der Waals surface area contributed by atoms with Gasteiger partial charge in [-0.2, -0.15) is 0 Å². The summed E-state index contributed by atoms with van der Waals surface area (Å²) in [5.74, 6) is -0.129. The largest absolute Gasteiger partial charge is 0.396 e. The van der Waals surface area contributed by atoms with Crippen LogP contribution in [0.1, 0.15) is 19.3 Å². The van der Waals surface area contributed by atoms with Gasteiger partial charge in [0.25, 0.3) is 0 Å². The van der Waals surface area contributed by atoms with E-state index in [2.05, 4.69) is 9.88 Å². The zero-order valence-corrected chi connectivity index (χ0v) is 11.3. The van der Waals surface area contributed by atoms with Crippen molar-refractivity contribution in [1.82, 2.24) is 4.98 Å². The van der Waals surface area contributed by atoms with Crippen LogP contribution in [-0.2, 0) is 4.74 Å². The first-order valence-corrected chi connectivity index (χ1v) is 6.78. The SMILES string of the molecule is O=[N+]([O-])c1ccc(N2CCC(OCCCO)CC2)cn1. The van der Waals surface area contributed by atoms with Crippen LogP contribution >= 0.6 is 0 Å². The van der Waals surface area contributed by atoms with Gasteiger partial charge >= 0.3 is 5.82 Å². The lowest BCUT2D eigenvalue weighted by Gasteiger charge is -2.32. The molecule has 1 aromatic heterocycles. The molecule has 0 saturated carbocycles. The summed E-state index contributed by atoms with van der Waals surface area (Å²) in [5, 5.41) is 19.3. The first-order valence-electron chi connectivity index (χ1n) is 6.78. The number of ether oxygens (including phenoxy) is 1. The number of aliphatic hydroxyl groups is 1. The quantitative estimate of drug-likeness (QED) is 0.481. The Bertz CT molecular complexity index is 430. The third kappa shape index (κ3) is 3.88. The lowest BCUT2D eigenvalue weighted by atomic mass is 10.1. The van der Waals surface area contributed by atoms with Gasteiger partial charge in [-0.05, 0) is 35.2 Å². The van der Waals surface area contributed by atoms with E-state index < -0.39 is 4.92 Å². The van der Waals surface area contributed by atoms with Crippen molar-refractivity contribution in [2.75, 3.05) is 31.2 Å². The van der Waals surface area contributed by atoms with Crippen LogP contribution < -0.4 is 4.90 Å². The zero-order valence-electron chi connectivity index (χ0n) is 11.3. The van der Waals surface area contributed by atoms with Crippen molar-refractivity contribution < 1.29 is 14.8 Å². The fourth-order valence-corrected chi connectivity index (χ4v) is 2.27. The van der Waals surface area contributed by atoms with Gasteiger partial charge in [0.05, 0.1) is 11.8 Å². The minimum absolute atomic E-state index is 0.129. The second kappa shape index (κ2) is 7.16. The molecule has 0 bridgehead atoms. The van der Waals surface area contributed by atoms with Gasteiger partial charge in [-0.1, -0.05) is 0 Å². The lowest BCUT2D eigenvalue weighted by molar-refractivity contribution is -0.389. The van der Waals surface area contributed by atoms with Crippen LogP contribution in [0.25, 0.3) is 0 Å². The molecular weight excluding hydrogens is 262 g/mol. The van der Waals surface area contributed by atoms with E-state index in [0.29, 0.717) is 13.0 Å². The number of nitrogens with zero attached hydrogens (tertiary/aromatic N) is 3. The highest BCUT2D eigenvalue weighted by atomic mass is 16.6. The predicted octanol–water partition coefficient (Wildman–Crippen LogP) is 1.36. The molecule has 0 unspecified atom stereocenters. The molecular formula is C13H19N3O4. The van der Waals surface area contributed by atoms with E-state index in [1.54, 1.807) is 12.3 Å². The van der Waals surface area contributed by atoms with Crippen LogP contribution in [0, 0.1) is 10.1 Å². The van der Waals surface area contributed by atoms with Crippen molar-refractivity contribution in [2.45, 2.75) is 25.4 Å². The maximum absolute atomic E-state index is 10.6. The number of nitro groups is 1. The molecule has 1 N–H and O–H groups in total. The Hall–Kier alpha value is -1.73. The minimum atomic E-state index is -0.495. The number of pyridine rings is 1. The van der Waals surface area contributed by atoms with Crippen LogP contribution in [0.4, 0.5) is 11.5 Å². The van der Waals surface area contributed by atoms with E-state index >= 15 is 0 Å². The zero-order chi connectivity index (χ0) is 14.4. The molecule has 1 aliphatic heterocycles. The second-order valence-corrected chi connectivity index (χ2v) is 4.77. The van der Waals surface area contributed by atoms with Gasteiger partial charge < -0.3 is 24.9 Å². The molecule has 2 rings (SSSR count). The van der Waals surface area contributed by atoms with E-state index in [-0.39, 0.29) is 18.5 Å². The van der Waals surface area contributed by atoms with Gasteiger partial charge in [0, 0.05) is 32.4 Å². The standard InChI is InChI=1S/C13H19N3O4/c17-8-1-9-20-12-4-6-15(7-5-12)11-2-3-13(14-10-11)16(18)19/h2-3,10,12,17H,1,4-9H2. The van der Waals surface area contributed by atoms with Crippen LogP contribution in [0.3, 0.4) is 0 Å². The molecule has 20 heavy (non-hydrogen) atoms. The monoisotopic (exact) mass is 281 g/mol. The first kappa shape index (κ1) is 14.7. The summed E-state index contributed by atoms with van der Waals surface area (Å²) in [5.41, 5.74) is 0.907. The van der Waals surface area contributed by atoms with Gasteiger partial charge in [-0.25, -0.2) is 0 Å². The van der Waals surface area contributed by atoms with Crippen LogP contribution in [-0.4, -0.2) is 47.4 Å². The van der Waals surface area contributed by atoms with E-state index in [1.807, 2.05) is 0 Å². The molecule has 0 radical (unpaired) electrons. The summed E-state index contributed by atoms with van der Waals surface area (Å²) in [6.45, 7) is 2.46. The maximum Gasteiger partial charge on any atom is 0.363 e. The summed E-state index contributed by atoms with van der Waals surface area (Å²) < 4.78 is 5.67.